The Morgan fingerprint density at radius 3 is 3.10 bits per heavy atom. The Labute approximate surface area is 129 Å². The minimum Gasteiger partial charge on any atom is -0.396 e. The van der Waals surface area contributed by atoms with Gasteiger partial charge in [-0.15, -0.1) is 0 Å². The molecule has 1 aliphatic rings. The van der Waals surface area contributed by atoms with Gasteiger partial charge in [0.15, 0.2) is 0 Å². The summed E-state index contributed by atoms with van der Waals surface area (Å²) < 4.78 is 13.0. The second-order valence-electron chi connectivity index (χ2n) is 5.35. The molecule has 1 aromatic carbocycles. The first-order chi connectivity index (χ1) is 10.1. The SMILES string of the molecule is CC1CSCCN1CCCC(=O)Nc1ccc(F)c(N)c1. The smallest absolute Gasteiger partial charge is 0.224 e. The van der Waals surface area contributed by atoms with E-state index in [0.29, 0.717) is 18.2 Å². The molecule has 116 valence electrons. The van der Waals surface area contributed by atoms with Crippen molar-refractivity contribution in [1.29, 1.82) is 0 Å². The van der Waals surface area contributed by atoms with E-state index < -0.39 is 5.82 Å². The number of benzene rings is 1. The van der Waals surface area contributed by atoms with Crippen molar-refractivity contribution < 1.29 is 9.18 Å². The summed E-state index contributed by atoms with van der Waals surface area (Å²) >= 11 is 1.99. The van der Waals surface area contributed by atoms with Crippen LogP contribution in [0.3, 0.4) is 0 Å². The first-order valence-electron chi connectivity index (χ1n) is 7.23. The summed E-state index contributed by atoms with van der Waals surface area (Å²) in [6, 6.07) is 4.81. The van der Waals surface area contributed by atoms with Crippen molar-refractivity contribution >= 4 is 29.0 Å². The van der Waals surface area contributed by atoms with Gasteiger partial charge >= 0.3 is 0 Å². The number of nitrogen functional groups attached to an aromatic ring is 1. The normalized spacial score (nSPS) is 19.4. The zero-order valence-electron chi connectivity index (χ0n) is 12.3. The molecule has 1 saturated heterocycles. The number of nitrogens with one attached hydrogen (secondary N) is 1. The largest absolute Gasteiger partial charge is 0.396 e. The Morgan fingerprint density at radius 2 is 2.38 bits per heavy atom. The molecule has 1 aliphatic heterocycles. The van der Waals surface area contributed by atoms with E-state index >= 15 is 0 Å². The number of nitrogens with zero attached hydrogens (tertiary/aromatic N) is 1. The fourth-order valence-electron chi connectivity index (χ4n) is 2.38. The molecule has 4 nitrogen and oxygen atoms in total. The molecule has 1 fully saturated rings. The average molecular weight is 311 g/mol. The van der Waals surface area contributed by atoms with Crippen LogP contribution in [0.15, 0.2) is 18.2 Å². The molecule has 0 spiro atoms. The Morgan fingerprint density at radius 1 is 1.57 bits per heavy atom. The lowest BCUT2D eigenvalue weighted by Crippen LogP contribution is -2.41. The highest BCUT2D eigenvalue weighted by Gasteiger charge is 2.18. The molecule has 1 aromatic rings. The van der Waals surface area contributed by atoms with E-state index in [9.17, 15) is 9.18 Å². The van der Waals surface area contributed by atoms with Crippen LogP contribution in [0.1, 0.15) is 19.8 Å². The van der Waals surface area contributed by atoms with Crippen molar-refractivity contribution in [2.24, 2.45) is 0 Å². The van der Waals surface area contributed by atoms with E-state index in [1.54, 1.807) is 0 Å². The van der Waals surface area contributed by atoms with E-state index in [1.165, 1.54) is 29.7 Å². The predicted octanol–water partition coefficient (Wildman–Crippen LogP) is 2.56. The molecule has 1 unspecified atom stereocenters. The van der Waals surface area contributed by atoms with Crippen LogP contribution in [-0.4, -0.2) is 41.4 Å². The van der Waals surface area contributed by atoms with Crippen LogP contribution in [0.5, 0.6) is 0 Å². The maximum atomic E-state index is 13.0. The number of anilines is 2. The monoisotopic (exact) mass is 311 g/mol. The standard InChI is InChI=1S/C15H22FN3OS/c1-11-10-21-8-7-19(11)6-2-3-15(20)18-12-4-5-13(16)14(17)9-12/h4-5,9,11H,2-3,6-8,10,17H2,1H3,(H,18,20). The summed E-state index contributed by atoms with van der Waals surface area (Å²) in [6.07, 6.45) is 1.30. The highest BCUT2D eigenvalue weighted by Crippen LogP contribution is 2.18. The highest BCUT2D eigenvalue weighted by molar-refractivity contribution is 7.99. The Bertz CT molecular complexity index is 498. The van der Waals surface area contributed by atoms with Gasteiger partial charge in [0, 0.05) is 36.2 Å². The second-order valence-corrected chi connectivity index (χ2v) is 6.50. The molecular formula is C15H22FN3OS. The van der Waals surface area contributed by atoms with Gasteiger partial charge in [-0.3, -0.25) is 9.69 Å². The Balaban J connectivity index is 1.73. The van der Waals surface area contributed by atoms with Crippen LogP contribution >= 0.6 is 11.8 Å². The van der Waals surface area contributed by atoms with Gasteiger partial charge in [0.1, 0.15) is 5.82 Å². The van der Waals surface area contributed by atoms with E-state index in [0.717, 1.165) is 19.5 Å². The number of carbonyl (C=O) groups is 1. The first kappa shape index (κ1) is 16.1. The van der Waals surface area contributed by atoms with Crippen LogP contribution in [0.25, 0.3) is 0 Å². The lowest BCUT2D eigenvalue weighted by molar-refractivity contribution is -0.116. The Hall–Kier alpha value is -1.27. The third-order valence-corrected chi connectivity index (χ3v) is 4.82. The number of nitrogens with two attached hydrogens (primary N) is 1. The zero-order chi connectivity index (χ0) is 15.2. The number of carbonyl (C=O) groups excluding carboxylic acids is 1. The summed E-state index contributed by atoms with van der Waals surface area (Å²) in [4.78, 5) is 14.3. The van der Waals surface area contributed by atoms with Crippen molar-refractivity contribution in [2.45, 2.75) is 25.8 Å². The van der Waals surface area contributed by atoms with Crippen LogP contribution in [0.2, 0.25) is 0 Å². The quantitative estimate of drug-likeness (QED) is 0.821. The number of halogens is 1. The maximum absolute atomic E-state index is 13.0. The summed E-state index contributed by atoms with van der Waals surface area (Å²) in [5.74, 6) is 1.82. The van der Waals surface area contributed by atoms with Crippen molar-refractivity contribution in [2.75, 3.05) is 35.6 Å². The van der Waals surface area contributed by atoms with E-state index in [1.807, 2.05) is 11.8 Å². The number of amides is 1. The van der Waals surface area contributed by atoms with Gasteiger partial charge in [0.2, 0.25) is 5.91 Å². The fourth-order valence-corrected chi connectivity index (χ4v) is 3.46. The average Bonchev–Trinajstić information content (AvgIpc) is 2.45. The van der Waals surface area contributed by atoms with Gasteiger partial charge in [-0.2, -0.15) is 11.8 Å². The molecule has 0 radical (unpaired) electrons. The van der Waals surface area contributed by atoms with Crippen molar-refractivity contribution in [3.63, 3.8) is 0 Å². The number of rotatable bonds is 5. The molecule has 0 saturated carbocycles. The van der Waals surface area contributed by atoms with Gasteiger partial charge in [0.25, 0.3) is 0 Å². The molecule has 0 aromatic heterocycles. The lowest BCUT2D eigenvalue weighted by Gasteiger charge is -2.32. The van der Waals surface area contributed by atoms with Gasteiger partial charge < -0.3 is 11.1 Å². The molecule has 3 N–H and O–H groups in total. The van der Waals surface area contributed by atoms with E-state index in [-0.39, 0.29) is 11.6 Å². The van der Waals surface area contributed by atoms with Crippen LogP contribution in [-0.2, 0) is 4.79 Å². The highest BCUT2D eigenvalue weighted by atomic mass is 32.2. The van der Waals surface area contributed by atoms with Crippen LogP contribution < -0.4 is 11.1 Å². The van der Waals surface area contributed by atoms with Gasteiger partial charge in [-0.25, -0.2) is 4.39 Å². The minimum atomic E-state index is -0.468. The summed E-state index contributed by atoms with van der Waals surface area (Å²) in [5.41, 5.74) is 6.07. The molecule has 6 heteroatoms. The van der Waals surface area contributed by atoms with Crippen LogP contribution in [0, 0.1) is 5.82 Å². The first-order valence-corrected chi connectivity index (χ1v) is 8.38. The summed E-state index contributed by atoms with van der Waals surface area (Å²) in [5, 5.41) is 2.75. The lowest BCUT2D eigenvalue weighted by atomic mass is 10.2. The van der Waals surface area contributed by atoms with E-state index in [2.05, 4.69) is 17.1 Å². The molecule has 1 atom stereocenters. The number of hydrogen-bond donors (Lipinski definition) is 2. The molecule has 1 amide bonds. The molecule has 2 rings (SSSR count). The second kappa shape index (κ2) is 7.66. The maximum Gasteiger partial charge on any atom is 0.224 e. The number of thioether (sulfide) groups is 1. The molecule has 0 aliphatic carbocycles. The predicted molar refractivity (Wildman–Crippen MR) is 87.0 cm³/mol. The van der Waals surface area contributed by atoms with Crippen molar-refractivity contribution in [3.05, 3.63) is 24.0 Å². The number of hydrogen-bond acceptors (Lipinski definition) is 4. The van der Waals surface area contributed by atoms with Gasteiger partial charge in [0.05, 0.1) is 5.69 Å². The van der Waals surface area contributed by atoms with Crippen LogP contribution in [0.4, 0.5) is 15.8 Å². The van der Waals surface area contributed by atoms with Crippen molar-refractivity contribution in [1.82, 2.24) is 4.90 Å². The molecule has 1 heterocycles. The fraction of sp³-hybridized carbons (Fsp3) is 0.533. The zero-order valence-corrected chi connectivity index (χ0v) is 13.1. The molecular weight excluding hydrogens is 289 g/mol. The summed E-state index contributed by atoms with van der Waals surface area (Å²) in [7, 11) is 0. The third-order valence-electron chi connectivity index (χ3n) is 3.63. The van der Waals surface area contributed by atoms with Crippen molar-refractivity contribution in [3.8, 4) is 0 Å². The van der Waals surface area contributed by atoms with Gasteiger partial charge in [-0.1, -0.05) is 0 Å². The van der Waals surface area contributed by atoms with E-state index in [4.69, 9.17) is 5.73 Å². The Kier molecular flexibility index (Phi) is 5.87. The molecule has 21 heavy (non-hydrogen) atoms. The van der Waals surface area contributed by atoms with Gasteiger partial charge in [-0.05, 0) is 38.1 Å². The molecule has 0 bridgehead atoms. The third kappa shape index (κ3) is 4.89. The minimum absolute atomic E-state index is 0.0486. The topological polar surface area (TPSA) is 58.4 Å². The summed E-state index contributed by atoms with van der Waals surface area (Å²) in [6.45, 7) is 4.27.